The Morgan fingerprint density at radius 1 is 1.00 bits per heavy atom. The van der Waals surface area contributed by atoms with Crippen LogP contribution in [0.5, 0.6) is 0 Å². The van der Waals surface area contributed by atoms with Crippen molar-refractivity contribution in [1.82, 2.24) is 0 Å². The van der Waals surface area contributed by atoms with E-state index in [0.29, 0.717) is 0 Å². The lowest BCUT2D eigenvalue weighted by Crippen LogP contribution is -2.15. The minimum atomic E-state index is 0.00549. The first kappa shape index (κ1) is 15.1. The van der Waals surface area contributed by atoms with Crippen molar-refractivity contribution in [3.8, 4) is 0 Å². The minimum absolute atomic E-state index is 0.00549. The van der Waals surface area contributed by atoms with Gasteiger partial charge in [-0.25, -0.2) is 0 Å². The third-order valence-corrected chi connectivity index (χ3v) is 5.24. The normalized spacial score (nSPS) is 19.0. The lowest BCUT2D eigenvalue weighted by atomic mass is 10.2. The zero-order valence-corrected chi connectivity index (χ0v) is 13.8. The molecular formula is C20H17NO2S. The fourth-order valence-electron chi connectivity index (χ4n) is 2.80. The Labute approximate surface area is 145 Å². The molecule has 1 aliphatic rings. The number of hydrogen-bond donors (Lipinski definition) is 1. The zero-order chi connectivity index (χ0) is 16.4. The lowest BCUT2D eigenvalue weighted by molar-refractivity contribution is -0.117. The van der Waals surface area contributed by atoms with Crippen LogP contribution in [0.25, 0.3) is 0 Å². The molecule has 0 unspecified atom stereocenters. The van der Waals surface area contributed by atoms with Gasteiger partial charge < -0.3 is 9.73 Å². The van der Waals surface area contributed by atoms with Crippen LogP contribution in [0.15, 0.2) is 87.2 Å². The first-order valence-electron chi connectivity index (χ1n) is 7.97. The molecule has 4 rings (SSSR count). The molecule has 4 heteroatoms. The van der Waals surface area contributed by atoms with Crippen molar-refractivity contribution in [2.75, 3.05) is 5.32 Å². The highest BCUT2D eigenvalue weighted by atomic mass is 32.2. The first-order chi connectivity index (χ1) is 11.8. The molecule has 3 nitrogen and oxygen atoms in total. The second-order valence-electron chi connectivity index (χ2n) is 5.86. The predicted molar refractivity (Wildman–Crippen MR) is 95.2 cm³/mol. The van der Waals surface area contributed by atoms with Crippen molar-refractivity contribution < 1.29 is 9.21 Å². The summed E-state index contributed by atoms with van der Waals surface area (Å²) in [6.45, 7) is 0. The maximum Gasteiger partial charge on any atom is 0.228 e. The Bertz CT molecular complexity index is 830. The maximum absolute atomic E-state index is 12.5. The fraction of sp³-hybridized carbons (Fsp3) is 0.150. The van der Waals surface area contributed by atoms with Gasteiger partial charge >= 0.3 is 0 Å². The molecule has 3 aromatic rings. The molecular weight excluding hydrogens is 318 g/mol. The molecule has 1 fully saturated rings. The van der Waals surface area contributed by atoms with Gasteiger partial charge in [-0.1, -0.05) is 42.1 Å². The summed E-state index contributed by atoms with van der Waals surface area (Å²) in [6, 6.07) is 21.9. The summed E-state index contributed by atoms with van der Waals surface area (Å²) in [5, 5.41) is 3.08. The number of rotatable bonds is 5. The van der Waals surface area contributed by atoms with Gasteiger partial charge in [-0.15, -0.1) is 0 Å². The highest BCUT2D eigenvalue weighted by Crippen LogP contribution is 2.48. The van der Waals surface area contributed by atoms with Gasteiger partial charge in [0.1, 0.15) is 5.76 Å². The molecule has 24 heavy (non-hydrogen) atoms. The summed E-state index contributed by atoms with van der Waals surface area (Å²) >= 11 is 1.65. The molecule has 0 radical (unpaired) electrons. The Morgan fingerprint density at radius 2 is 1.79 bits per heavy atom. The molecule has 1 aliphatic carbocycles. The van der Waals surface area contributed by atoms with Crippen LogP contribution in [0.2, 0.25) is 0 Å². The van der Waals surface area contributed by atoms with Crippen molar-refractivity contribution in [3.63, 3.8) is 0 Å². The van der Waals surface area contributed by atoms with Gasteiger partial charge in [0.2, 0.25) is 5.91 Å². The van der Waals surface area contributed by atoms with Crippen LogP contribution in [0, 0.1) is 5.92 Å². The first-order valence-corrected chi connectivity index (χ1v) is 8.79. The van der Waals surface area contributed by atoms with E-state index in [9.17, 15) is 4.79 Å². The number of anilines is 1. The summed E-state index contributed by atoms with van der Waals surface area (Å²) < 4.78 is 5.41. The second kappa shape index (κ2) is 6.57. The lowest BCUT2D eigenvalue weighted by Gasteiger charge is -2.10. The second-order valence-corrected chi connectivity index (χ2v) is 6.98. The Hall–Kier alpha value is -2.46. The van der Waals surface area contributed by atoms with E-state index in [1.165, 1.54) is 0 Å². The van der Waals surface area contributed by atoms with Crippen molar-refractivity contribution >= 4 is 23.4 Å². The van der Waals surface area contributed by atoms with Crippen LogP contribution in [0.4, 0.5) is 5.69 Å². The van der Waals surface area contributed by atoms with E-state index in [2.05, 4.69) is 17.4 Å². The maximum atomic E-state index is 12.5. The van der Waals surface area contributed by atoms with Crippen LogP contribution in [-0.4, -0.2) is 5.91 Å². The van der Waals surface area contributed by atoms with Crippen LogP contribution >= 0.6 is 11.8 Å². The number of amides is 1. The number of hydrogen-bond acceptors (Lipinski definition) is 3. The molecule has 2 aromatic carbocycles. The Kier molecular flexibility index (Phi) is 4.13. The van der Waals surface area contributed by atoms with E-state index >= 15 is 0 Å². The zero-order valence-electron chi connectivity index (χ0n) is 13.0. The summed E-state index contributed by atoms with van der Waals surface area (Å²) in [5.41, 5.74) is 0.862. The Morgan fingerprint density at radius 3 is 2.58 bits per heavy atom. The molecule has 1 aromatic heterocycles. The van der Waals surface area contributed by atoms with Crippen molar-refractivity contribution in [3.05, 3.63) is 78.8 Å². The van der Waals surface area contributed by atoms with E-state index in [1.54, 1.807) is 18.0 Å². The van der Waals surface area contributed by atoms with Crippen LogP contribution in [-0.2, 0) is 4.79 Å². The van der Waals surface area contributed by atoms with Gasteiger partial charge in [0.05, 0.1) is 12.0 Å². The van der Waals surface area contributed by atoms with Gasteiger partial charge in [0.15, 0.2) is 0 Å². The van der Waals surface area contributed by atoms with Gasteiger partial charge in [0, 0.05) is 21.6 Å². The molecule has 0 spiro atoms. The summed E-state index contributed by atoms with van der Waals surface area (Å²) in [6.07, 6.45) is 2.52. The van der Waals surface area contributed by atoms with Gasteiger partial charge in [-0.2, -0.15) is 0 Å². The topological polar surface area (TPSA) is 42.2 Å². The molecule has 0 bridgehead atoms. The quantitative estimate of drug-likeness (QED) is 0.699. The molecule has 0 saturated heterocycles. The third-order valence-electron chi connectivity index (χ3n) is 4.15. The predicted octanol–water partition coefficient (Wildman–Crippen LogP) is 5.17. The average Bonchev–Trinajstić information content (AvgIpc) is 3.23. The van der Waals surface area contributed by atoms with E-state index < -0.39 is 0 Å². The molecule has 1 N–H and O–H groups in total. The summed E-state index contributed by atoms with van der Waals surface area (Å²) in [5.74, 6) is 1.19. The van der Waals surface area contributed by atoms with Crippen molar-refractivity contribution in [1.29, 1.82) is 0 Å². The molecule has 1 saturated carbocycles. The largest absolute Gasteiger partial charge is 0.469 e. The smallest absolute Gasteiger partial charge is 0.228 e. The number of carbonyl (C=O) groups excluding carboxylic acids is 1. The Balaban J connectivity index is 1.46. The van der Waals surface area contributed by atoms with E-state index in [1.807, 2.05) is 54.6 Å². The van der Waals surface area contributed by atoms with E-state index in [4.69, 9.17) is 4.42 Å². The summed E-state index contributed by atoms with van der Waals surface area (Å²) in [7, 11) is 0. The molecule has 1 amide bonds. The highest BCUT2D eigenvalue weighted by molar-refractivity contribution is 7.99. The molecule has 2 atom stereocenters. The van der Waals surface area contributed by atoms with Gasteiger partial charge in [-0.05, 0) is 42.8 Å². The van der Waals surface area contributed by atoms with Crippen LogP contribution < -0.4 is 5.32 Å². The SMILES string of the molecule is O=C(Nc1ccccc1Sc1ccccc1)[C@@H]1C[C@@H]1c1ccco1. The monoisotopic (exact) mass is 335 g/mol. The van der Waals surface area contributed by atoms with E-state index in [-0.39, 0.29) is 17.7 Å². The number of benzene rings is 2. The summed E-state index contributed by atoms with van der Waals surface area (Å²) in [4.78, 5) is 14.7. The molecule has 1 heterocycles. The molecule has 120 valence electrons. The van der Waals surface area contributed by atoms with Crippen LogP contribution in [0.1, 0.15) is 18.1 Å². The highest BCUT2D eigenvalue weighted by Gasteiger charge is 2.45. The third kappa shape index (κ3) is 3.24. The van der Waals surface area contributed by atoms with Gasteiger partial charge in [-0.3, -0.25) is 4.79 Å². The van der Waals surface area contributed by atoms with Gasteiger partial charge in [0.25, 0.3) is 0 Å². The molecule has 0 aliphatic heterocycles. The van der Waals surface area contributed by atoms with Crippen LogP contribution in [0.3, 0.4) is 0 Å². The van der Waals surface area contributed by atoms with Crippen molar-refractivity contribution in [2.45, 2.75) is 22.1 Å². The average molecular weight is 335 g/mol. The number of nitrogens with one attached hydrogen (secondary N) is 1. The van der Waals surface area contributed by atoms with Crippen molar-refractivity contribution in [2.24, 2.45) is 5.92 Å². The number of furan rings is 1. The standard InChI is InChI=1S/C20H17NO2S/c22-20(16-13-15(16)18-10-6-12-23-18)21-17-9-4-5-11-19(17)24-14-7-2-1-3-8-14/h1-12,15-16H,13H2,(H,21,22)/t15-,16+/m0/s1. The van der Waals surface area contributed by atoms with E-state index in [0.717, 1.165) is 27.7 Å². The number of carbonyl (C=O) groups is 1. The number of para-hydroxylation sites is 1. The minimum Gasteiger partial charge on any atom is -0.469 e. The fourth-order valence-corrected chi connectivity index (χ4v) is 3.72.